The second-order valence-electron chi connectivity index (χ2n) is 6.62. The Morgan fingerprint density at radius 2 is 1.64 bits per heavy atom. The molecule has 0 aromatic heterocycles. The maximum absolute atomic E-state index is 11.7. The van der Waals surface area contributed by atoms with Crippen LogP contribution in [0.1, 0.15) is 42.5 Å². The van der Waals surface area contributed by atoms with Gasteiger partial charge in [0.05, 0.1) is 6.04 Å². The summed E-state index contributed by atoms with van der Waals surface area (Å²) < 4.78 is 0. The molecule has 2 rings (SSSR count). The third-order valence-electron chi connectivity index (χ3n) is 4.35. The molecule has 146 valence electrons. The van der Waals surface area contributed by atoms with E-state index in [1.54, 1.807) is 6.92 Å². The van der Waals surface area contributed by atoms with Gasteiger partial charge in [-0.1, -0.05) is 49.1 Å². The van der Waals surface area contributed by atoms with Crippen LogP contribution in [0.3, 0.4) is 0 Å². The molecule has 0 aliphatic carbocycles. The van der Waals surface area contributed by atoms with Crippen LogP contribution in [0.4, 0.5) is 0 Å². The zero-order valence-corrected chi connectivity index (χ0v) is 16.9. The molecule has 0 radical (unpaired) electrons. The van der Waals surface area contributed by atoms with E-state index in [2.05, 4.69) is 47.6 Å². The van der Waals surface area contributed by atoms with Crippen LogP contribution in [0.5, 0.6) is 0 Å². The number of hydrogen-bond donors (Lipinski definition) is 3. The third kappa shape index (κ3) is 6.38. The Kier molecular flexibility index (Phi) is 8.48. The highest BCUT2D eigenvalue weighted by molar-refractivity contribution is 5.84. The first-order valence-corrected chi connectivity index (χ1v) is 9.60. The monoisotopic (exact) mass is 375 g/mol. The number of ketones is 1. The van der Waals surface area contributed by atoms with E-state index in [4.69, 9.17) is 5.73 Å². The predicted octanol–water partition coefficient (Wildman–Crippen LogP) is 3.06. The summed E-state index contributed by atoms with van der Waals surface area (Å²) in [7, 11) is 1.93. The van der Waals surface area contributed by atoms with Crippen LogP contribution in [0.15, 0.2) is 54.6 Å². The molecule has 4 heteroatoms. The molecule has 0 saturated heterocycles. The molecule has 0 fully saturated rings. The quantitative estimate of drug-likeness (QED) is 0.621. The molecule has 2 aromatic rings. The summed E-state index contributed by atoms with van der Waals surface area (Å²) in [6, 6.07) is 15.9. The fourth-order valence-electron chi connectivity index (χ4n) is 2.77. The SMILES string of the molecule is CC/C=C(/NC(CN)C(C)=O)c1ccc(C#Cc2ccc(CNC)cc2)cc1. The number of nitrogens with one attached hydrogen (secondary N) is 2. The van der Waals surface area contributed by atoms with E-state index < -0.39 is 0 Å². The van der Waals surface area contributed by atoms with Gasteiger partial charge in [-0.2, -0.15) is 0 Å². The van der Waals surface area contributed by atoms with Crippen molar-refractivity contribution in [3.05, 3.63) is 76.9 Å². The number of carbonyl (C=O) groups is 1. The fraction of sp³-hybridized carbons (Fsp3) is 0.292. The van der Waals surface area contributed by atoms with Crippen LogP contribution < -0.4 is 16.4 Å². The molecule has 0 spiro atoms. The molecule has 0 heterocycles. The molecular formula is C24H29N3O. The topological polar surface area (TPSA) is 67.1 Å². The summed E-state index contributed by atoms with van der Waals surface area (Å²) in [4.78, 5) is 11.7. The predicted molar refractivity (Wildman–Crippen MR) is 117 cm³/mol. The van der Waals surface area contributed by atoms with Gasteiger partial charge in [0.25, 0.3) is 0 Å². The van der Waals surface area contributed by atoms with Crippen LogP contribution in [0.2, 0.25) is 0 Å². The first-order chi connectivity index (χ1) is 13.6. The smallest absolute Gasteiger partial charge is 0.153 e. The summed E-state index contributed by atoms with van der Waals surface area (Å²) in [5.74, 6) is 6.43. The summed E-state index contributed by atoms with van der Waals surface area (Å²) in [6.45, 7) is 4.74. The third-order valence-corrected chi connectivity index (χ3v) is 4.35. The lowest BCUT2D eigenvalue weighted by atomic mass is 10.1. The lowest BCUT2D eigenvalue weighted by molar-refractivity contribution is -0.118. The second-order valence-corrected chi connectivity index (χ2v) is 6.62. The first-order valence-electron chi connectivity index (χ1n) is 9.60. The van der Waals surface area contributed by atoms with Crippen LogP contribution in [-0.4, -0.2) is 25.4 Å². The number of benzene rings is 2. The molecule has 1 unspecified atom stereocenters. The Morgan fingerprint density at radius 1 is 1.07 bits per heavy atom. The Bertz CT molecular complexity index is 855. The van der Waals surface area contributed by atoms with E-state index in [0.29, 0.717) is 0 Å². The summed E-state index contributed by atoms with van der Waals surface area (Å²) >= 11 is 0. The zero-order valence-electron chi connectivity index (χ0n) is 16.9. The van der Waals surface area contributed by atoms with Crippen molar-refractivity contribution >= 4 is 11.5 Å². The minimum absolute atomic E-state index is 0.0349. The van der Waals surface area contributed by atoms with Gasteiger partial charge in [0.1, 0.15) is 0 Å². The van der Waals surface area contributed by atoms with Gasteiger partial charge in [-0.05, 0) is 55.8 Å². The highest BCUT2D eigenvalue weighted by Crippen LogP contribution is 2.15. The Hall–Kier alpha value is -2.87. The van der Waals surface area contributed by atoms with Crippen molar-refractivity contribution in [3.8, 4) is 11.8 Å². The van der Waals surface area contributed by atoms with Crippen molar-refractivity contribution in [3.63, 3.8) is 0 Å². The number of Topliss-reactive ketones (excluding diaryl/α,β-unsaturated/α-hetero) is 1. The highest BCUT2D eigenvalue weighted by atomic mass is 16.1. The van der Waals surface area contributed by atoms with Gasteiger partial charge >= 0.3 is 0 Å². The standard InChI is InChI=1S/C24H29N3O/c1-4-5-23(27-24(16-25)18(2)28)22-14-12-20(13-15-22)7-6-19-8-10-21(11-9-19)17-26-3/h5,8-15,24,26-27H,4,16-17,25H2,1-3H3/b23-5+. The van der Waals surface area contributed by atoms with E-state index in [1.807, 2.05) is 43.4 Å². The summed E-state index contributed by atoms with van der Waals surface area (Å²) in [6.07, 6.45) is 2.93. The van der Waals surface area contributed by atoms with Crippen molar-refractivity contribution < 1.29 is 4.79 Å². The highest BCUT2D eigenvalue weighted by Gasteiger charge is 2.13. The van der Waals surface area contributed by atoms with Crippen molar-refractivity contribution in [1.29, 1.82) is 0 Å². The average molecular weight is 376 g/mol. The van der Waals surface area contributed by atoms with E-state index in [1.165, 1.54) is 5.56 Å². The van der Waals surface area contributed by atoms with E-state index >= 15 is 0 Å². The zero-order chi connectivity index (χ0) is 20.4. The molecule has 28 heavy (non-hydrogen) atoms. The maximum atomic E-state index is 11.7. The van der Waals surface area contributed by atoms with Gasteiger partial charge in [0.15, 0.2) is 5.78 Å². The molecule has 0 saturated carbocycles. The van der Waals surface area contributed by atoms with E-state index in [0.717, 1.165) is 35.4 Å². The van der Waals surface area contributed by atoms with Gasteiger partial charge in [0.2, 0.25) is 0 Å². The van der Waals surface area contributed by atoms with Crippen molar-refractivity contribution in [1.82, 2.24) is 10.6 Å². The number of carbonyl (C=O) groups excluding carboxylic acids is 1. The van der Waals surface area contributed by atoms with Crippen molar-refractivity contribution in [2.75, 3.05) is 13.6 Å². The Balaban J connectivity index is 2.13. The largest absolute Gasteiger partial charge is 0.374 e. The molecule has 0 amide bonds. The molecule has 1 atom stereocenters. The van der Waals surface area contributed by atoms with Gasteiger partial charge in [-0.15, -0.1) is 0 Å². The first kappa shape index (κ1) is 21.4. The minimum Gasteiger partial charge on any atom is -0.374 e. The van der Waals surface area contributed by atoms with Crippen LogP contribution in [0, 0.1) is 11.8 Å². The van der Waals surface area contributed by atoms with Gasteiger partial charge in [0, 0.05) is 29.9 Å². The van der Waals surface area contributed by atoms with E-state index in [-0.39, 0.29) is 18.4 Å². The van der Waals surface area contributed by atoms with Crippen molar-refractivity contribution in [2.24, 2.45) is 5.73 Å². The lowest BCUT2D eigenvalue weighted by Crippen LogP contribution is -2.40. The second kappa shape index (κ2) is 11.1. The summed E-state index contributed by atoms with van der Waals surface area (Å²) in [5, 5.41) is 6.39. The fourth-order valence-corrected chi connectivity index (χ4v) is 2.77. The van der Waals surface area contributed by atoms with Gasteiger partial charge in [-0.3, -0.25) is 4.79 Å². The number of allylic oxidation sites excluding steroid dienone is 1. The minimum atomic E-state index is -0.372. The van der Waals surface area contributed by atoms with Gasteiger partial charge in [-0.25, -0.2) is 0 Å². The molecule has 2 aromatic carbocycles. The number of hydrogen-bond acceptors (Lipinski definition) is 4. The van der Waals surface area contributed by atoms with Crippen LogP contribution in [0.25, 0.3) is 5.70 Å². The Morgan fingerprint density at radius 3 is 2.11 bits per heavy atom. The lowest BCUT2D eigenvalue weighted by Gasteiger charge is -2.18. The van der Waals surface area contributed by atoms with Gasteiger partial charge < -0.3 is 16.4 Å². The van der Waals surface area contributed by atoms with Crippen LogP contribution in [-0.2, 0) is 11.3 Å². The normalized spacial score (nSPS) is 12.1. The molecule has 0 aliphatic heterocycles. The number of nitrogens with two attached hydrogens (primary N) is 1. The molecule has 0 bridgehead atoms. The van der Waals surface area contributed by atoms with E-state index in [9.17, 15) is 4.79 Å². The molecule has 0 aliphatic rings. The average Bonchev–Trinajstić information content (AvgIpc) is 2.71. The maximum Gasteiger partial charge on any atom is 0.153 e. The Labute approximate surface area is 168 Å². The molecule has 4 N–H and O–H groups in total. The van der Waals surface area contributed by atoms with Crippen LogP contribution >= 0.6 is 0 Å². The van der Waals surface area contributed by atoms with Crippen molar-refractivity contribution in [2.45, 2.75) is 32.9 Å². The number of rotatable bonds is 8. The summed E-state index contributed by atoms with van der Waals surface area (Å²) in [5.41, 5.74) is 10.8. The molecule has 4 nitrogen and oxygen atoms in total. The molecular weight excluding hydrogens is 346 g/mol.